The van der Waals surface area contributed by atoms with Crippen LogP contribution in [0.15, 0.2) is 48.5 Å². The predicted octanol–water partition coefficient (Wildman–Crippen LogP) is 2.05. The monoisotopic (exact) mass is 324 g/mol. The smallest absolute Gasteiger partial charge is 0.407 e. The number of amides is 1. The van der Waals surface area contributed by atoms with Crippen LogP contribution in [0.1, 0.15) is 30.9 Å². The van der Waals surface area contributed by atoms with Crippen LogP contribution in [-0.4, -0.2) is 24.2 Å². The molecule has 5 heteroatoms. The molecular formula is C19H18NO4-. The highest BCUT2D eigenvalue weighted by molar-refractivity contribution is 5.82. The van der Waals surface area contributed by atoms with Crippen molar-refractivity contribution in [3.05, 3.63) is 59.7 Å². The number of hydrogen-bond donors (Lipinski definition) is 1. The van der Waals surface area contributed by atoms with Gasteiger partial charge in [0, 0.05) is 5.92 Å². The third-order valence-electron chi connectivity index (χ3n) is 4.27. The molecule has 0 bridgehead atoms. The highest BCUT2D eigenvalue weighted by Crippen LogP contribution is 2.44. The Morgan fingerprint density at radius 1 is 1.04 bits per heavy atom. The number of carbonyl (C=O) groups is 2. The van der Waals surface area contributed by atoms with Gasteiger partial charge in [-0.3, -0.25) is 0 Å². The largest absolute Gasteiger partial charge is 0.548 e. The van der Waals surface area contributed by atoms with Crippen molar-refractivity contribution in [1.29, 1.82) is 0 Å². The number of aliphatic carboxylic acids is 1. The molecule has 1 N–H and O–H groups in total. The highest BCUT2D eigenvalue weighted by atomic mass is 16.5. The Labute approximate surface area is 140 Å². The zero-order valence-corrected chi connectivity index (χ0v) is 13.5. The summed E-state index contributed by atoms with van der Waals surface area (Å²) in [6, 6.07) is 16.0. The fourth-order valence-electron chi connectivity index (χ4n) is 2.94. The molecule has 0 heterocycles. The molecule has 5 nitrogen and oxygen atoms in total. The molecule has 0 aliphatic heterocycles. The van der Waals surface area contributed by atoms with Crippen molar-refractivity contribution in [2.24, 2.45) is 0 Å². The van der Waals surface area contributed by atoms with Crippen LogP contribution in [0.25, 0.3) is 11.1 Å². The van der Waals surface area contributed by atoms with Crippen molar-refractivity contribution >= 4 is 12.1 Å². The first-order valence-electron chi connectivity index (χ1n) is 7.75. The molecule has 1 aliphatic rings. The van der Waals surface area contributed by atoms with Gasteiger partial charge in [0.15, 0.2) is 0 Å². The first-order valence-corrected chi connectivity index (χ1v) is 7.75. The number of nitrogens with one attached hydrogen (secondary N) is 1. The molecule has 0 atom stereocenters. The Bertz CT molecular complexity index is 752. The summed E-state index contributed by atoms with van der Waals surface area (Å²) < 4.78 is 5.28. The van der Waals surface area contributed by atoms with Crippen LogP contribution in [-0.2, 0) is 9.53 Å². The van der Waals surface area contributed by atoms with E-state index in [2.05, 4.69) is 5.32 Å². The number of carboxylic acids is 1. The lowest BCUT2D eigenvalue weighted by Gasteiger charge is -2.27. The lowest BCUT2D eigenvalue weighted by Crippen LogP contribution is -2.56. The van der Waals surface area contributed by atoms with E-state index >= 15 is 0 Å². The van der Waals surface area contributed by atoms with E-state index in [0.717, 1.165) is 22.3 Å². The second-order valence-corrected chi connectivity index (χ2v) is 6.36. The van der Waals surface area contributed by atoms with Gasteiger partial charge in [0.25, 0.3) is 0 Å². The zero-order valence-electron chi connectivity index (χ0n) is 13.5. The van der Waals surface area contributed by atoms with Gasteiger partial charge in [-0.1, -0.05) is 48.5 Å². The maximum Gasteiger partial charge on any atom is 0.407 e. The van der Waals surface area contributed by atoms with Gasteiger partial charge in [0.1, 0.15) is 6.61 Å². The summed E-state index contributed by atoms with van der Waals surface area (Å²) in [7, 11) is 0. The molecule has 2 aromatic rings. The minimum absolute atomic E-state index is 0.0609. The molecule has 1 amide bonds. The van der Waals surface area contributed by atoms with Crippen LogP contribution in [0.2, 0.25) is 0 Å². The van der Waals surface area contributed by atoms with Crippen molar-refractivity contribution in [3.8, 4) is 11.1 Å². The first-order chi connectivity index (χ1) is 11.4. The molecule has 124 valence electrons. The van der Waals surface area contributed by atoms with E-state index in [1.54, 1.807) is 0 Å². The molecule has 0 spiro atoms. The quantitative estimate of drug-likeness (QED) is 0.933. The Morgan fingerprint density at radius 2 is 1.54 bits per heavy atom. The van der Waals surface area contributed by atoms with E-state index in [-0.39, 0.29) is 12.5 Å². The third kappa shape index (κ3) is 2.85. The summed E-state index contributed by atoms with van der Waals surface area (Å²) in [5, 5.41) is 13.3. The zero-order chi connectivity index (χ0) is 17.3. The van der Waals surface area contributed by atoms with Crippen LogP contribution in [0.4, 0.5) is 4.79 Å². The standard InChI is InChI=1S/C19H19NO4/c1-19(2,17(21)22)20-18(23)24-11-16-14-9-5-3-7-12(14)13-8-4-6-10-15(13)16/h3-10,16H,11H2,1-2H3,(H,20,23)(H,21,22)/p-1. The van der Waals surface area contributed by atoms with Crippen LogP contribution in [0.5, 0.6) is 0 Å². The van der Waals surface area contributed by atoms with Crippen LogP contribution in [0, 0.1) is 0 Å². The Morgan fingerprint density at radius 3 is 2.04 bits per heavy atom. The van der Waals surface area contributed by atoms with E-state index in [9.17, 15) is 14.7 Å². The van der Waals surface area contributed by atoms with Gasteiger partial charge in [0.2, 0.25) is 0 Å². The first kappa shape index (κ1) is 16.1. The van der Waals surface area contributed by atoms with Crippen LogP contribution in [0.3, 0.4) is 0 Å². The van der Waals surface area contributed by atoms with Gasteiger partial charge >= 0.3 is 6.09 Å². The summed E-state index contributed by atoms with van der Waals surface area (Å²) in [6.07, 6.45) is -0.772. The van der Waals surface area contributed by atoms with E-state index in [4.69, 9.17) is 4.74 Å². The van der Waals surface area contributed by atoms with Crippen molar-refractivity contribution in [2.45, 2.75) is 25.3 Å². The van der Waals surface area contributed by atoms with Crippen LogP contribution >= 0.6 is 0 Å². The average Bonchev–Trinajstić information content (AvgIpc) is 2.86. The van der Waals surface area contributed by atoms with Gasteiger partial charge in [-0.15, -0.1) is 0 Å². The number of benzene rings is 2. The number of carbonyl (C=O) groups excluding carboxylic acids is 2. The minimum Gasteiger partial charge on any atom is -0.548 e. The van der Waals surface area contributed by atoms with E-state index in [0.29, 0.717) is 0 Å². The van der Waals surface area contributed by atoms with E-state index in [1.165, 1.54) is 13.8 Å². The minimum atomic E-state index is -1.48. The number of hydrogen-bond acceptors (Lipinski definition) is 4. The predicted molar refractivity (Wildman–Crippen MR) is 87.3 cm³/mol. The number of ether oxygens (including phenoxy) is 1. The molecule has 1 aliphatic carbocycles. The van der Waals surface area contributed by atoms with E-state index in [1.807, 2.05) is 48.5 Å². The molecular weight excluding hydrogens is 306 g/mol. The number of carboxylic acid groups (broad SMARTS) is 1. The van der Waals surface area contributed by atoms with Gasteiger partial charge in [0.05, 0.1) is 11.5 Å². The maximum atomic E-state index is 11.9. The molecule has 0 radical (unpaired) electrons. The summed E-state index contributed by atoms with van der Waals surface area (Å²) >= 11 is 0. The molecule has 24 heavy (non-hydrogen) atoms. The molecule has 2 aromatic carbocycles. The molecule has 0 unspecified atom stereocenters. The lowest BCUT2D eigenvalue weighted by molar-refractivity contribution is -0.312. The van der Waals surface area contributed by atoms with Gasteiger partial charge < -0.3 is 20.0 Å². The summed E-state index contributed by atoms with van der Waals surface area (Å²) in [6.45, 7) is 2.84. The molecule has 3 rings (SSSR count). The third-order valence-corrected chi connectivity index (χ3v) is 4.27. The van der Waals surface area contributed by atoms with E-state index < -0.39 is 17.6 Å². The average molecular weight is 324 g/mol. The second-order valence-electron chi connectivity index (χ2n) is 6.36. The molecule has 0 saturated heterocycles. The summed E-state index contributed by atoms with van der Waals surface area (Å²) in [5.41, 5.74) is 2.99. The van der Waals surface area contributed by atoms with Crippen LogP contribution < -0.4 is 10.4 Å². The fourth-order valence-corrected chi connectivity index (χ4v) is 2.94. The normalized spacial score (nSPS) is 13.1. The van der Waals surface area contributed by atoms with Crippen molar-refractivity contribution in [1.82, 2.24) is 5.32 Å². The number of rotatable bonds is 4. The molecule has 0 fully saturated rings. The molecule has 0 saturated carbocycles. The Balaban J connectivity index is 1.76. The maximum absolute atomic E-state index is 11.9. The van der Waals surface area contributed by atoms with Gasteiger partial charge in [-0.25, -0.2) is 4.79 Å². The van der Waals surface area contributed by atoms with Crippen molar-refractivity contribution in [3.63, 3.8) is 0 Å². The summed E-state index contributed by atoms with van der Waals surface area (Å²) in [5.74, 6) is -1.43. The Kier molecular flexibility index (Phi) is 4.01. The van der Waals surface area contributed by atoms with Gasteiger partial charge in [-0.2, -0.15) is 0 Å². The van der Waals surface area contributed by atoms with Gasteiger partial charge in [-0.05, 0) is 36.1 Å². The Hall–Kier alpha value is -2.82. The highest BCUT2D eigenvalue weighted by Gasteiger charge is 2.30. The lowest BCUT2D eigenvalue weighted by atomic mass is 9.98. The fraction of sp³-hybridized carbons (Fsp3) is 0.263. The topological polar surface area (TPSA) is 78.5 Å². The second kappa shape index (κ2) is 6.00. The van der Waals surface area contributed by atoms with Crippen molar-refractivity contribution in [2.75, 3.05) is 6.61 Å². The molecule has 0 aromatic heterocycles. The number of alkyl carbamates (subject to hydrolysis) is 1. The van der Waals surface area contributed by atoms with Crippen molar-refractivity contribution < 1.29 is 19.4 Å². The summed E-state index contributed by atoms with van der Waals surface area (Å²) in [4.78, 5) is 22.9. The number of fused-ring (bicyclic) bond motifs is 3. The SMILES string of the molecule is CC(C)(NC(=O)OCC1c2ccccc2-c2ccccc21)C(=O)[O-].